The number of amides is 1. The molecule has 0 atom stereocenters. The number of benzene rings is 3. The summed E-state index contributed by atoms with van der Waals surface area (Å²) in [6.45, 7) is -0.412. The van der Waals surface area contributed by atoms with Gasteiger partial charge in [0.1, 0.15) is 18.0 Å². The van der Waals surface area contributed by atoms with Gasteiger partial charge in [0.25, 0.3) is 5.91 Å². The van der Waals surface area contributed by atoms with Gasteiger partial charge in [0.05, 0.1) is 18.2 Å². The van der Waals surface area contributed by atoms with Crippen LogP contribution in [0.4, 0.5) is 5.69 Å². The van der Waals surface area contributed by atoms with Crippen molar-refractivity contribution in [2.24, 2.45) is 5.10 Å². The standard InChI is InChI=1S/C22H20BrN3O4S/c1-31(28,29)26(16-22(27)25-24-15-17-7-5-6-10-21(17)23)18-11-13-20(14-12-18)30-19-8-3-2-4-9-19/h2-15H,16H2,1H3,(H,25,27)/b24-15-. The summed E-state index contributed by atoms with van der Waals surface area (Å²) < 4.78 is 32.0. The highest BCUT2D eigenvalue weighted by molar-refractivity contribution is 9.10. The number of carbonyl (C=O) groups is 1. The van der Waals surface area contributed by atoms with Crippen LogP contribution in [0.3, 0.4) is 0 Å². The van der Waals surface area contributed by atoms with E-state index in [0.717, 1.165) is 20.6 Å². The number of rotatable bonds is 8. The zero-order valence-electron chi connectivity index (χ0n) is 16.6. The number of hydrogen-bond acceptors (Lipinski definition) is 5. The maximum absolute atomic E-state index is 12.3. The Morgan fingerprint density at radius 2 is 1.61 bits per heavy atom. The molecule has 0 aliphatic carbocycles. The van der Waals surface area contributed by atoms with Crippen LogP contribution in [0.5, 0.6) is 11.5 Å². The normalized spacial score (nSPS) is 11.3. The van der Waals surface area contributed by atoms with Gasteiger partial charge in [0.2, 0.25) is 10.0 Å². The first-order chi connectivity index (χ1) is 14.8. The molecule has 0 aliphatic rings. The van der Waals surface area contributed by atoms with Crippen LogP contribution in [0, 0.1) is 0 Å². The number of hydrogen-bond donors (Lipinski definition) is 1. The molecule has 0 radical (unpaired) electrons. The summed E-state index contributed by atoms with van der Waals surface area (Å²) in [6.07, 6.45) is 2.52. The van der Waals surface area contributed by atoms with Gasteiger partial charge in [-0.3, -0.25) is 9.10 Å². The van der Waals surface area contributed by atoms with Gasteiger partial charge in [-0.2, -0.15) is 5.10 Å². The van der Waals surface area contributed by atoms with Crippen LogP contribution in [0.15, 0.2) is 88.4 Å². The van der Waals surface area contributed by atoms with Crippen LogP contribution in [0.25, 0.3) is 0 Å². The molecule has 0 aliphatic heterocycles. The average molecular weight is 502 g/mol. The molecule has 0 heterocycles. The maximum Gasteiger partial charge on any atom is 0.260 e. The monoisotopic (exact) mass is 501 g/mol. The van der Waals surface area contributed by atoms with Crippen LogP contribution in [-0.2, 0) is 14.8 Å². The van der Waals surface area contributed by atoms with Crippen LogP contribution in [-0.4, -0.2) is 33.3 Å². The minimum Gasteiger partial charge on any atom is -0.457 e. The molecule has 9 heteroatoms. The summed E-state index contributed by atoms with van der Waals surface area (Å²) in [4.78, 5) is 12.3. The minimum atomic E-state index is -3.70. The summed E-state index contributed by atoms with van der Waals surface area (Å²) in [6, 6.07) is 23.0. The number of ether oxygens (including phenoxy) is 1. The Hall–Kier alpha value is -3.17. The van der Waals surface area contributed by atoms with E-state index in [1.54, 1.807) is 24.3 Å². The van der Waals surface area contributed by atoms with Gasteiger partial charge in [0.15, 0.2) is 0 Å². The number of anilines is 1. The lowest BCUT2D eigenvalue weighted by Gasteiger charge is -2.21. The average Bonchev–Trinajstić information content (AvgIpc) is 2.74. The summed E-state index contributed by atoms with van der Waals surface area (Å²) in [7, 11) is -3.70. The predicted octanol–water partition coefficient (Wildman–Crippen LogP) is 4.16. The molecule has 1 N–H and O–H groups in total. The molecule has 0 bridgehead atoms. The molecule has 7 nitrogen and oxygen atoms in total. The van der Waals surface area contributed by atoms with E-state index < -0.39 is 22.5 Å². The summed E-state index contributed by atoms with van der Waals surface area (Å²) >= 11 is 3.39. The van der Waals surface area contributed by atoms with Crippen molar-refractivity contribution in [3.8, 4) is 11.5 Å². The van der Waals surface area contributed by atoms with E-state index in [0.29, 0.717) is 17.2 Å². The van der Waals surface area contributed by atoms with Gasteiger partial charge in [-0.1, -0.05) is 52.3 Å². The topological polar surface area (TPSA) is 88.1 Å². The third-order valence-corrected chi connectivity index (χ3v) is 5.95. The molecule has 31 heavy (non-hydrogen) atoms. The molecule has 3 rings (SSSR count). The molecule has 3 aromatic rings. The molecule has 0 saturated heterocycles. The second-order valence-electron chi connectivity index (χ2n) is 6.49. The Morgan fingerprint density at radius 3 is 2.26 bits per heavy atom. The molecular weight excluding hydrogens is 482 g/mol. The molecule has 0 unspecified atom stereocenters. The second-order valence-corrected chi connectivity index (χ2v) is 9.25. The molecular formula is C22H20BrN3O4S. The first-order valence-electron chi connectivity index (χ1n) is 9.20. The Kier molecular flexibility index (Phi) is 7.43. The number of hydrazone groups is 1. The summed E-state index contributed by atoms with van der Waals surface area (Å²) in [5.41, 5.74) is 3.47. The third kappa shape index (κ3) is 6.66. The van der Waals surface area contributed by atoms with Crippen molar-refractivity contribution in [3.05, 3.63) is 88.9 Å². The van der Waals surface area contributed by atoms with Crippen molar-refractivity contribution >= 4 is 43.8 Å². The number of carbonyl (C=O) groups excluding carboxylic acids is 1. The van der Waals surface area contributed by atoms with Crippen LogP contribution < -0.4 is 14.5 Å². The van der Waals surface area contributed by atoms with E-state index in [4.69, 9.17) is 4.74 Å². The lowest BCUT2D eigenvalue weighted by atomic mass is 10.2. The number of para-hydroxylation sites is 1. The highest BCUT2D eigenvalue weighted by Crippen LogP contribution is 2.25. The van der Waals surface area contributed by atoms with Crippen LogP contribution in [0.2, 0.25) is 0 Å². The Labute approximate surface area is 189 Å². The second kappa shape index (κ2) is 10.2. The maximum atomic E-state index is 12.3. The Bertz CT molecular complexity index is 1170. The van der Waals surface area contributed by atoms with E-state index in [1.165, 1.54) is 6.21 Å². The van der Waals surface area contributed by atoms with Crippen molar-refractivity contribution in [1.29, 1.82) is 0 Å². The molecule has 0 aromatic heterocycles. The lowest BCUT2D eigenvalue weighted by molar-refractivity contribution is -0.119. The Morgan fingerprint density at radius 1 is 1.00 bits per heavy atom. The molecule has 1 amide bonds. The first-order valence-corrected chi connectivity index (χ1v) is 11.8. The van der Waals surface area contributed by atoms with Crippen molar-refractivity contribution in [3.63, 3.8) is 0 Å². The summed E-state index contributed by atoms with van der Waals surface area (Å²) in [5.74, 6) is 0.641. The summed E-state index contributed by atoms with van der Waals surface area (Å²) in [5, 5.41) is 3.90. The fourth-order valence-electron chi connectivity index (χ4n) is 2.62. The highest BCUT2D eigenvalue weighted by atomic mass is 79.9. The van der Waals surface area contributed by atoms with E-state index in [-0.39, 0.29) is 0 Å². The van der Waals surface area contributed by atoms with Crippen molar-refractivity contribution in [2.45, 2.75) is 0 Å². The number of nitrogens with one attached hydrogen (secondary N) is 1. The van der Waals surface area contributed by atoms with Gasteiger partial charge in [-0.25, -0.2) is 13.8 Å². The van der Waals surface area contributed by atoms with Gasteiger partial charge in [-0.05, 0) is 42.5 Å². The van der Waals surface area contributed by atoms with Crippen molar-refractivity contribution < 1.29 is 17.9 Å². The van der Waals surface area contributed by atoms with E-state index in [2.05, 4.69) is 26.5 Å². The SMILES string of the molecule is CS(=O)(=O)N(CC(=O)N/N=C\c1ccccc1Br)c1ccc(Oc2ccccc2)cc1. The van der Waals surface area contributed by atoms with E-state index >= 15 is 0 Å². The molecule has 0 saturated carbocycles. The van der Waals surface area contributed by atoms with Crippen molar-refractivity contribution in [2.75, 3.05) is 17.1 Å². The quantitative estimate of drug-likeness (QED) is 0.370. The van der Waals surface area contributed by atoms with Gasteiger partial charge in [0, 0.05) is 10.0 Å². The van der Waals surface area contributed by atoms with Crippen molar-refractivity contribution in [1.82, 2.24) is 5.43 Å². The van der Waals surface area contributed by atoms with Gasteiger partial charge >= 0.3 is 0 Å². The molecule has 0 fully saturated rings. The molecule has 160 valence electrons. The molecule has 0 spiro atoms. The zero-order chi connectivity index (χ0) is 22.3. The van der Waals surface area contributed by atoms with Gasteiger partial charge < -0.3 is 4.74 Å². The Balaban J connectivity index is 1.67. The van der Waals surface area contributed by atoms with Gasteiger partial charge in [-0.15, -0.1) is 0 Å². The van der Waals surface area contributed by atoms with Crippen LogP contribution in [0.1, 0.15) is 5.56 Å². The third-order valence-electron chi connectivity index (χ3n) is 4.09. The molecule has 3 aromatic carbocycles. The largest absolute Gasteiger partial charge is 0.457 e. The zero-order valence-corrected chi connectivity index (χ0v) is 19.0. The number of nitrogens with zero attached hydrogens (tertiary/aromatic N) is 2. The predicted molar refractivity (Wildman–Crippen MR) is 125 cm³/mol. The minimum absolute atomic E-state index is 0.341. The number of sulfonamides is 1. The smallest absolute Gasteiger partial charge is 0.260 e. The fourth-order valence-corrected chi connectivity index (χ4v) is 3.87. The highest BCUT2D eigenvalue weighted by Gasteiger charge is 2.20. The van der Waals surface area contributed by atoms with Crippen LogP contribution >= 0.6 is 15.9 Å². The van der Waals surface area contributed by atoms with E-state index in [9.17, 15) is 13.2 Å². The lowest BCUT2D eigenvalue weighted by Crippen LogP contribution is -2.39. The fraction of sp³-hybridized carbons (Fsp3) is 0.0909. The number of halogens is 1. The first kappa shape index (κ1) is 22.5. The van der Waals surface area contributed by atoms with E-state index in [1.807, 2.05) is 54.6 Å².